The van der Waals surface area contributed by atoms with Crippen molar-refractivity contribution in [3.63, 3.8) is 0 Å². The normalized spacial score (nSPS) is 14.9. The molecule has 30 heavy (non-hydrogen) atoms. The highest BCUT2D eigenvalue weighted by atomic mass is 16.3. The van der Waals surface area contributed by atoms with Crippen LogP contribution in [0.1, 0.15) is 62.9 Å². The average Bonchev–Trinajstić information content (AvgIpc) is 2.76. The van der Waals surface area contributed by atoms with E-state index < -0.39 is 24.3 Å². The SMILES string of the molecule is C[C@H](NC(=O)CCCCC(=O)N[C@H](C)[C@H](O)c1ccccc1)[C@H](O)c1ccccc1. The van der Waals surface area contributed by atoms with E-state index in [2.05, 4.69) is 10.6 Å². The molecule has 0 saturated carbocycles. The zero-order valence-electron chi connectivity index (χ0n) is 17.6. The summed E-state index contributed by atoms with van der Waals surface area (Å²) in [6.45, 7) is 3.53. The van der Waals surface area contributed by atoms with Crippen LogP contribution in [0.5, 0.6) is 0 Å². The smallest absolute Gasteiger partial charge is 0.220 e. The van der Waals surface area contributed by atoms with Crippen LogP contribution in [-0.4, -0.2) is 34.1 Å². The first-order valence-corrected chi connectivity index (χ1v) is 10.4. The number of aliphatic hydroxyl groups is 2. The van der Waals surface area contributed by atoms with Gasteiger partial charge in [0.25, 0.3) is 0 Å². The quantitative estimate of drug-likeness (QED) is 0.426. The van der Waals surface area contributed by atoms with E-state index in [0.29, 0.717) is 25.7 Å². The van der Waals surface area contributed by atoms with E-state index in [9.17, 15) is 19.8 Å². The maximum absolute atomic E-state index is 12.1. The molecule has 0 heterocycles. The van der Waals surface area contributed by atoms with Crippen molar-refractivity contribution in [2.45, 2.75) is 63.8 Å². The second kappa shape index (κ2) is 12.1. The maximum atomic E-state index is 12.1. The lowest BCUT2D eigenvalue weighted by Crippen LogP contribution is -2.37. The van der Waals surface area contributed by atoms with Crippen molar-refractivity contribution in [2.24, 2.45) is 0 Å². The second-order valence-electron chi connectivity index (χ2n) is 7.63. The molecule has 0 aliphatic rings. The van der Waals surface area contributed by atoms with Gasteiger partial charge in [-0.2, -0.15) is 0 Å². The van der Waals surface area contributed by atoms with Crippen LogP contribution in [0.4, 0.5) is 0 Å². The van der Waals surface area contributed by atoms with E-state index in [1.807, 2.05) is 60.7 Å². The van der Waals surface area contributed by atoms with Gasteiger partial charge in [0.15, 0.2) is 0 Å². The standard InChI is InChI=1S/C24H32N2O4/c1-17(23(29)19-11-5-3-6-12-19)25-21(27)15-9-10-16-22(28)26-18(2)24(30)20-13-7-4-8-14-20/h3-8,11-14,17-18,23-24,29-30H,9-10,15-16H2,1-2H3,(H,25,27)(H,26,28)/t17-,18+,23-,24-/m0/s1. The molecule has 2 rings (SSSR count). The fourth-order valence-corrected chi connectivity index (χ4v) is 3.26. The van der Waals surface area contributed by atoms with Gasteiger partial charge in [0.2, 0.25) is 11.8 Å². The van der Waals surface area contributed by atoms with Gasteiger partial charge in [0.05, 0.1) is 24.3 Å². The topological polar surface area (TPSA) is 98.7 Å². The van der Waals surface area contributed by atoms with Gasteiger partial charge >= 0.3 is 0 Å². The molecular formula is C24H32N2O4. The fraction of sp³-hybridized carbons (Fsp3) is 0.417. The molecule has 2 amide bonds. The number of amides is 2. The summed E-state index contributed by atoms with van der Waals surface area (Å²) in [5.74, 6) is -0.295. The third-order valence-electron chi connectivity index (χ3n) is 5.06. The van der Waals surface area contributed by atoms with Crippen LogP contribution in [0, 0.1) is 0 Å². The molecule has 0 aliphatic carbocycles. The van der Waals surface area contributed by atoms with Crippen LogP contribution >= 0.6 is 0 Å². The van der Waals surface area contributed by atoms with Gasteiger partial charge in [-0.15, -0.1) is 0 Å². The van der Waals surface area contributed by atoms with E-state index >= 15 is 0 Å². The Morgan fingerprint density at radius 2 is 1.03 bits per heavy atom. The number of hydrogen-bond donors (Lipinski definition) is 4. The molecule has 2 aromatic rings. The number of rotatable bonds is 11. The molecule has 6 heteroatoms. The summed E-state index contributed by atoms with van der Waals surface area (Å²) >= 11 is 0. The molecule has 6 nitrogen and oxygen atoms in total. The average molecular weight is 413 g/mol. The Morgan fingerprint density at radius 3 is 1.37 bits per heavy atom. The van der Waals surface area contributed by atoms with Crippen molar-refractivity contribution < 1.29 is 19.8 Å². The molecule has 162 valence electrons. The molecule has 0 fully saturated rings. The van der Waals surface area contributed by atoms with Crippen LogP contribution in [0.3, 0.4) is 0 Å². The van der Waals surface area contributed by atoms with E-state index in [0.717, 1.165) is 11.1 Å². The van der Waals surface area contributed by atoms with Gasteiger partial charge in [-0.25, -0.2) is 0 Å². The van der Waals surface area contributed by atoms with Crippen molar-refractivity contribution in [1.29, 1.82) is 0 Å². The van der Waals surface area contributed by atoms with Gasteiger partial charge < -0.3 is 20.8 Å². The number of nitrogens with one attached hydrogen (secondary N) is 2. The van der Waals surface area contributed by atoms with E-state index in [1.54, 1.807) is 13.8 Å². The molecule has 4 atom stereocenters. The number of carbonyl (C=O) groups is 2. The number of aliphatic hydroxyl groups excluding tert-OH is 2. The zero-order chi connectivity index (χ0) is 21.9. The number of carbonyl (C=O) groups excluding carboxylic acids is 2. The molecule has 0 aliphatic heterocycles. The molecule has 0 radical (unpaired) electrons. The number of unbranched alkanes of at least 4 members (excludes halogenated alkanes) is 1. The van der Waals surface area contributed by atoms with E-state index in [-0.39, 0.29) is 11.8 Å². The van der Waals surface area contributed by atoms with Crippen molar-refractivity contribution in [2.75, 3.05) is 0 Å². The Balaban J connectivity index is 1.64. The molecule has 0 saturated heterocycles. The summed E-state index contributed by atoms with van der Waals surface area (Å²) in [4.78, 5) is 24.2. The second-order valence-corrected chi connectivity index (χ2v) is 7.63. The van der Waals surface area contributed by atoms with Crippen molar-refractivity contribution in [3.05, 3.63) is 71.8 Å². The highest BCUT2D eigenvalue weighted by Crippen LogP contribution is 2.17. The minimum Gasteiger partial charge on any atom is -0.386 e. The first kappa shape index (κ1) is 23.6. The summed E-state index contributed by atoms with van der Waals surface area (Å²) in [5, 5.41) is 26.2. The molecule has 0 aromatic heterocycles. The van der Waals surface area contributed by atoms with Crippen molar-refractivity contribution in [1.82, 2.24) is 10.6 Å². The Bertz CT molecular complexity index is 715. The molecule has 4 N–H and O–H groups in total. The van der Waals surface area contributed by atoms with E-state index in [4.69, 9.17) is 0 Å². The minimum atomic E-state index is -0.765. The predicted molar refractivity (Wildman–Crippen MR) is 116 cm³/mol. The minimum absolute atomic E-state index is 0.147. The summed E-state index contributed by atoms with van der Waals surface area (Å²) in [5.41, 5.74) is 1.52. The number of hydrogen-bond acceptors (Lipinski definition) is 4. The Hall–Kier alpha value is -2.70. The highest BCUT2D eigenvalue weighted by molar-refractivity contribution is 5.77. The van der Waals surface area contributed by atoms with Gasteiger partial charge in [-0.3, -0.25) is 9.59 Å². The lowest BCUT2D eigenvalue weighted by atomic mass is 10.0. The monoisotopic (exact) mass is 412 g/mol. The zero-order valence-corrected chi connectivity index (χ0v) is 17.6. The van der Waals surface area contributed by atoms with Crippen LogP contribution < -0.4 is 10.6 Å². The van der Waals surface area contributed by atoms with E-state index in [1.165, 1.54) is 0 Å². The third-order valence-corrected chi connectivity index (χ3v) is 5.06. The van der Waals surface area contributed by atoms with Gasteiger partial charge in [0, 0.05) is 12.8 Å². The van der Waals surface area contributed by atoms with Gasteiger partial charge in [-0.05, 0) is 37.8 Å². The maximum Gasteiger partial charge on any atom is 0.220 e. The molecule has 0 bridgehead atoms. The lowest BCUT2D eigenvalue weighted by molar-refractivity contribution is -0.124. The number of benzene rings is 2. The van der Waals surface area contributed by atoms with Crippen LogP contribution in [-0.2, 0) is 9.59 Å². The summed E-state index contributed by atoms with van der Waals surface area (Å²) in [7, 11) is 0. The summed E-state index contributed by atoms with van der Waals surface area (Å²) in [6.07, 6.45) is 0.200. The largest absolute Gasteiger partial charge is 0.386 e. The molecular weight excluding hydrogens is 380 g/mol. The van der Waals surface area contributed by atoms with Gasteiger partial charge in [-0.1, -0.05) is 60.7 Å². The van der Waals surface area contributed by atoms with Crippen LogP contribution in [0.25, 0.3) is 0 Å². The highest BCUT2D eigenvalue weighted by Gasteiger charge is 2.19. The summed E-state index contributed by atoms with van der Waals surface area (Å²) < 4.78 is 0. The first-order valence-electron chi connectivity index (χ1n) is 10.4. The lowest BCUT2D eigenvalue weighted by Gasteiger charge is -2.21. The summed E-state index contributed by atoms with van der Waals surface area (Å²) in [6, 6.07) is 17.6. The first-order chi connectivity index (χ1) is 14.4. The van der Waals surface area contributed by atoms with Crippen molar-refractivity contribution >= 4 is 11.8 Å². The fourth-order valence-electron chi connectivity index (χ4n) is 3.26. The molecule has 2 aromatic carbocycles. The Labute approximate surface area is 178 Å². The molecule has 0 unspecified atom stereocenters. The Morgan fingerprint density at radius 1 is 0.700 bits per heavy atom. The third kappa shape index (κ3) is 7.61. The van der Waals surface area contributed by atoms with Crippen molar-refractivity contribution in [3.8, 4) is 0 Å². The van der Waals surface area contributed by atoms with Crippen LogP contribution in [0.15, 0.2) is 60.7 Å². The molecule has 0 spiro atoms. The van der Waals surface area contributed by atoms with Gasteiger partial charge in [0.1, 0.15) is 0 Å². The predicted octanol–water partition coefficient (Wildman–Crippen LogP) is 3.02. The Kier molecular flexibility index (Phi) is 9.51. The van der Waals surface area contributed by atoms with Crippen LogP contribution in [0.2, 0.25) is 0 Å².